The fraction of sp³-hybridized carbons (Fsp3) is 1.00. The Morgan fingerprint density at radius 1 is 1.37 bits per heavy atom. The molecule has 0 amide bonds. The van der Waals surface area contributed by atoms with E-state index in [0.29, 0.717) is 25.4 Å². The summed E-state index contributed by atoms with van der Waals surface area (Å²) < 4.78 is 31.4. The van der Waals surface area contributed by atoms with Crippen LogP contribution in [0.15, 0.2) is 0 Å². The monoisotopic (exact) mass is 290 g/mol. The van der Waals surface area contributed by atoms with Crippen LogP contribution in [0.25, 0.3) is 0 Å². The third-order valence-electron chi connectivity index (χ3n) is 4.56. The molecule has 6 heteroatoms. The van der Waals surface area contributed by atoms with E-state index < -0.39 is 10.0 Å². The van der Waals surface area contributed by atoms with Crippen LogP contribution in [-0.4, -0.2) is 70.3 Å². The van der Waals surface area contributed by atoms with E-state index in [-0.39, 0.29) is 11.2 Å². The first-order chi connectivity index (χ1) is 8.93. The normalized spacial score (nSPS) is 33.5. The number of ether oxygens (including phenoxy) is 1. The molecule has 2 heterocycles. The fourth-order valence-corrected chi connectivity index (χ4v) is 5.27. The van der Waals surface area contributed by atoms with Gasteiger partial charge >= 0.3 is 0 Å². The lowest BCUT2D eigenvalue weighted by atomic mass is 9.78. The number of rotatable bonds is 5. The molecule has 0 radical (unpaired) electrons. The number of hydrogen-bond acceptors (Lipinski definition) is 4. The highest BCUT2D eigenvalue weighted by atomic mass is 32.2. The highest BCUT2D eigenvalue weighted by molar-refractivity contribution is 7.89. The summed E-state index contributed by atoms with van der Waals surface area (Å²) in [6.45, 7) is 5.99. The molecule has 0 saturated carbocycles. The second-order valence-corrected chi connectivity index (χ2v) is 8.20. The lowest BCUT2D eigenvalue weighted by Gasteiger charge is -2.30. The van der Waals surface area contributed by atoms with Gasteiger partial charge in [0.25, 0.3) is 0 Å². The van der Waals surface area contributed by atoms with Crippen LogP contribution < -0.4 is 0 Å². The van der Waals surface area contributed by atoms with Gasteiger partial charge in [0.15, 0.2) is 0 Å². The van der Waals surface area contributed by atoms with E-state index in [1.54, 1.807) is 11.4 Å². The van der Waals surface area contributed by atoms with Gasteiger partial charge in [-0.2, -0.15) is 0 Å². The molecular weight excluding hydrogens is 264 g/mol. The van der Waals surface area contributed by atoms with Gasteiger partial charge in [-0.1, -0.05) is 6.92 Å². The average Bonchev–Trinajstić information content (AvgIpc) is 2.86. The Hall–Kier alpha value is -0.170. The van der Waals surface area contributed by atoms with E-state index in [4.69, 9.17) is 4.74 Å². The lowest BCUT2D eigenvalue weighted by Crippen LogP contribution is -2.38. The van der Waals surface area contributed by atoms with Crippen molar-refractivity contribution >= 4 is 10.0 Å². The van der Waals surface area contributed by atoms with Crippen molar-refractivity contribution in [3.05, 3.63) is 0 Å². The van der Waals surface area contributed by atoms with Crippen LogP contribution in [0.3, 0.4) is 0 Å². The Morgan fingerprint density at radius 3 is 2.74 bits per heavy atom. The first-order valence-electron chi connectivity index (χ1n) is 7.09. The molecule has 2 rings (SSSR count). The number of hydrogen-bond donors (Lipinski definition) is 0. The number of sulfonamides is 1. The van der Waals surface area contributed by atoms with E-state index in [0.717, 1.165) is 26.1 Å². The van der Waals surface area contributed by atoms with E-state index in [1.165, 1.54) is 0 Å². The third-order valence-corrected chi connectivity index (χ3v) is 6.58. The van der Waals surface area contributed by atoms with Crippen molar-refractivity contribution in [2.45, 2.75) is 19.8 Å². The third kappa shape index (κ3) is 2.96. The van der Waals surface area contributed by atoms with Gasteiger partial charge in [-0.25, -0.2) is 12.7 Å². The van der Waals surface area contributed by atoms with Crippen LogP contribution in [0.4, 0.5) is 0 Å². The Bertz CT molecular complexity index is 412. The summed E-state index contributed by atoms with van der Waals surface area (Å²) in [7, 11) is 0.785. The molecule has 0 aliphatic carbocycles. The Morgan fingerprint density at radius 2 is 2.11 bits per heavy atom. The second-order valence-electron chi connectivity index (χ2n) is 6.11. The van der Waals surface area contributed by atoms with Gasteiger partial charge in [-0.3, -0.25) is 0 Å². The highest BCUT2D eigenvalue weighted by Gasteiger charge is 2.51. The topological polar surface area (TPSA) is 49.9 Å². The second kappa shape index (κ2) is 5.68. The summed E-state index contributed by atoms with van der Waals surface area (Å²) >= 11 is 0. The van der Waals surface area contributed by atoms with Gasteiger partial charge in [0, 0.05) is 44.6 Å². The summed E-state index contributed by atoms with van der Waals surface area (Å²) in [5, 5.41) is 0. The number of nitrogens with zero attached hydrogens (tertiary/aromatic N) is 2. The molecule has 0 unspecified atom stereocenters. The van der Waals surface area contributed by atoms with E-state index in [9.17, 15) is 8.42 Å². The predicted octanol–water partition coefficient (Wildman–Crippen LogP) is 0.626. The maximum Gasteiger partial charge on any atom is 0.214 e. The first kappa shape index (κ1) is 15.2. The van der Waals surface area contributed by atoms with E-state index >= 15 is 0 Å². The maximum absolute atomic E-state index is 12.2. The Kier molecular flexibility index (Phi) is 4.55. The number of methoxy groups -OCH3 is 1. The molecule has 0 N–H and O–H groups in total. The predicted molar refractivity (Wildman–Crippen MR) is 75.6 cm³/mol. The van der Waals surface area contributed by atoms with Gasteiger partial charge in [-0.05, 0) is 19.9 Å². The Balaban J connectivity index is 2.11. The van der Waals surface area contributed by atoms with Crippen molar-refractivity contribution < 1.29 is 13.2 Å². The van der Waals surface area contributed by atoms with Crippen molar-refractivity contribution in [2.75, 3.05) is 52.7 Å². The van der Waals surface area contributed by atoms with Crippen molar-refractivity contribution in [1.29, 1.82) is 0 Å². The molecule has 2 aliphatic heterocycles. The molecule has 2 fully saturated rings. The Labute approximate surface area is 117 Å². The van der Waals surface area contributed by atoms with E-state index in [1.807, 2.05) is 6.92 Å². The van der Waals surface area contributed by atoms with Crippen molar-refractivity contribution in [1.82, 2.24) is 9.21 Å². The summed E-state index contributed by atoms with van der Waals surface area (Å²) in [6.07, 6.45) is 1.65. The number of likely N-dealkylation sites (tertiary alicyclic amines) is 1. The van der Waals surface area contributed by atoms with Crippen molar-refractivity contribution in [2.24, 2.45) is 11.3 Å². The summed E-state index contributed by atoms with van der Waals surface area (Å²) in [5.74, 6) is 0.720. The van der Waals surface area contributed by atoms with Gasteiger partial charge in [0.1, 0.15) is 0 Å². The van der Waals surface area contributed by atoms with Crippen LogP contribution in [0, 0.1) is 11.3 Å². The van der Waals surface area contributed by atoms with Crippen LogP contribution in [0.5, 0.6) is 0 Å². The van der Waals surface area contributed by atoms with Crippen LogP contribution in [-0.2, 0) is 14.8 Å². The molecule has 1 spiro atoms. The largest absolute Gasteiger partial charge is 0.384 e. The van der Waals surface area contributed by atoms with Gasteiger partial charge in [0.2, 0.25) is 10.0 Å². The van der Waals surface area contributed by atoms with Gasteiger partial charge < -0.3 is 9.64 Å². The quantitative estimate of drug-likeness (QED) is 0.745. The fourth-order valence-electron chi connectivity index (χ4n) is 3.68. The summed E-state index contributed by atoms with van der Waals surface area (Å²) in [6, 6.07) is 0. The molecule has 0 aromatic heterocycles. The summed E-state index contributed by atoms with van der Waals surface area (Å²) in [4.78, 5) is 2.31. The van der Waals surface area contributed by atoms with Crippen molar-refractivity contribution in [3.63, 3.8) is 0 Å². The van der Waals surface area contributed by atoms with Crippen LogP contribution >= 0.6 is 0 Å². The molecule has 19 heavy (non-hydrogen) atoms. The zero-order chi connectivity index (χ0) is 14.1. The molecule has 2 saturated heterocycles. The SMILES string of the molecule is CCCS(=O)(=O)N1CC[C@@]2(CN(C)C[C@H]2COC)C1. The molecule has 0 bridgehead atoms. The lowest BCUT2D eigenvalue weighted by molar-refractivity contribution is 0.101. The molecule has 2 aliphatic rings. The smallest absolute Gasteiger partial charge is 0.214 e. The minimum Gasteiger partial charge on any atom is -0.384 e. The molecule has 2 atom stereocenters. The minimum absolute atomic E-state index is 0.103. The minimum atomic E-state index is -3.06. The molecular formula is C13H26N2O3S. The molecule has 0 aromatic rings. The highest BCUT2D eigenvalue weighted by Crippen LogP contribution is 2.44. The van der Waals surface area contributed by atoms with Gasteiger partial charge in [0.05, 0.1) is 12.4 Å². The maximum atomic E-state index is 12.2. The zero-order valence-corrected chi connectivity index (χ0v) is 13.1. The first-order valence-corrected chi connectivity index (χ1v) is 8.70. The van der Waals surface area contributed by atoms with Crippen molar-refractivity contribution in [3.8, 4) is 0 Å². The standard InChI is InChI=1S/C13H26N2O3S/c1-4-7-19(16,17)15-6-5-13(11-15)10-14(2)8-12(13)9-18-3/h12H,4-11H2,1-3H3/t12-,13+/m0/s1. The molecule has 5 nitrogen and oxygen atoms in total. The molecule has 112 valence electrons. The zero-order valence-electron chi connectivity index (χ0n) is 12.3. The average molecular weight is 290 g/mol. The van der Waals surface area contributed by atoms with Crippen LogP contribution in [0.1, 0.15) is 19.8 Å². The molecule has 0 aromatic carbocycles. The van der Waals surface area contributed by atoms with Crippen LogP contribution in [0.2, 0.25) is 0 Å². The summed E-state index contributed by atoms with van der Waals surface area (Å²) in [5.41, 5.74) is 0.103. The van der Waals surface area contributed by atoms with Gasteiger partial charge in [-0.15, -0.1) is 0 Å². The van der Waals surface area contributed by atoms with E-state index in [2.05, 4.69) is 11.9 Å².